The molecule has 1 unspecified atom stereocenters. The van der Waals surface area contributed by atoms with Crippen LogP contribution in [0, 0.1) is 5.92 Å². The quantitative estimate of drug-likeness (QED) is 0.797. The molecule has 0 saturated carbocycles. The molecule has 1 atom stereocenters. The van der Waals surface area contributed by atoms with Gasteiger partial charge in [-0.25, -0.2) is 0 Å². The van der Waals surface area contributed by atoms with E-state index in [1.807, 2.05) is 6.07 Å². The molecule has 0 heterocycles. The minimum Gasteiger partial charge on any atom is -0.330 e. The molecule has 2 rings (SSSR count). The van der Waals surface area contributed by atoms with Gasteiger partial charge in [-0.1, -0.05) is 17.7 Å². The summed E-state index contributed by atoms with van der Waals surface area (Å²) in [5.41, 5.74) is 8.49. The van der Waals surface area contributed by atoms with Crippen LogP contribution in [0.2, 0.25) is 5.02 Å². The molecule has 2 N–H and O–H groups in total. The van der Waals surface area contributed by atoms with E-state index in [-0.39, 0.29) is 0 Å². The van der Waals surface area contributed by atoms with Gasteiger partial charge in [0.25, 0.3) is 0 Å². The van der Waals surface area contributed by atoms with Gasteiger partial charge >= 0.3 is 0 Å². The summed E-state index contributed by atoms with van der Waals surface area (Å²) in [6.45, 7) is 0.813. The molecule has 1 aliphatic rings. The summed E-state index contributed by atoms with van der Waals surface area (Å²) in [5.74, 6) is 0.786. The van der Waals surface area contributed by atoms with E-state index in [0.29, 0.717) is 0 Å². The van der Waals surface area contributed by atoms with Crippen molar-refractivity contribution in [1.29, 1.82) is 0 Å². The maximum absolute atomic E-state index is 5.95. The second-order valence-corrected chi connectivity index (χ2v) is 4.54. The van der Waals surface area contributed by atoms with E-state index < -0.39 is 0 Å². The lowest BCUT2D eigenvalue weighted by Crippen LogP contribution is -2.17. The van der Waals surface area contributed by atoms with Crippen molar-refractivity contribution >= 4 is 11.6 Å². The molecule has 0 spiro atoms. The molecular weight excluding hydrogens is 194 g/mol. The highest BCUT2D eigenvalue weighted by Crippen LogP contribution is 2.28. The van der Waals surface area contributed by atoms with Crippen molar-refractivity contribution in [2.24, 2.45) is 11.7 Å². The zero-order valence-electron chi connectivity index (χ0n) is 8.30. The van der Waals surface area contributed by atoms with Crippen LogP contribution < -0.4 is 5.73 Å². The van der Waals surface area contributed by atoms with Crippen molar-refractivity contribution in [3.8, 4) is 0 Å². The Kier molecular flexibility index (Phi) is 3.09. The summed E-state index contributed by atoms with van der Waals surface area (Å²) in [6, 6.07) is 6.26. The SMILES string of the molecule is NCCC1CCc2cc(Cl)ccc2C1. The van der Waals surface area contributed by atoms with Gasteiger partial charge in [-0.05, 0) is 61.4 Å². The van der Waals surface area contributed by atoms with Crippen molar-refractivity contribution in [3.63, 3.8) is 0 Å². The Morgan fingerprint density at radius 2 is 2.21 bits per heavy atom. The van der Waals surface area contributed by atoms with E-state index in [9.17, 15) is 0 Å². The van der Waals surface area contributed by atoms with Crippen molar-refractivity contribution in [3.05, 3.63) is 34.3 Å². The van der Waals surface area contributed by atoms with Gasteiger partial charge in [-0.3, -0.25) is 0 Å². The fourth-order valence-electron chi connectivity index (χ4n) is 2.28. The zero-order chi connectivity index (χ0) is 9.97. The fourth-order valence-corrected chi connectivity index (χ4v) is 2.48. The summed E-state index contributed by atoms with van der Waals surface area (Å²) in [4.78, 5) is 0. The molecule has 0 amide bonds. The fraction of sp³-hybridized carbons (Fsp3) is 0.500. The van der Waals surface area contributed by atoms with Gasteiger partial charge in [0.15, 0.2) is 0 Å². The van der Waals surface area contributed by atoms with Gasteiger partial charge in [0.05, 0.1) is 0 Å². The van der Waals surface area contributed by atoms with E-state index >= 15 is 0 Å². The minimum absolute atomic E-state index is 0.786. The van der Waals surface area contributed by atoms with E-state index in [0.717, 1.165) is 23.9 Å². The summed E-state index contributed by atoms with van der Waals surface area (Å²) in [5, 5.41) is 0.862. The van der Waals surface area contributed by atoms with E-state index in [1.54, 1.807) is 0 Å². The molecule has 1 aromatic carbocycles. The van der Waals surface area contributed by atoms with Crippen LogP contribution in [0.25, 0.3) is 0 Å². The lowest BCUT2D eigenvalue weighted by Gasteiger charge is -2.24. The monoisotopic (exact) mass is 209 g/mol. The first kappa shape index (κ1) is 10.0. The van der Waals surface area contributed by atoms with Crippen molar-refractivity contribution in [2.75, 3.05) is 6.54 Å². The standard InChI is InChI=1S/C12H16ClN/c13-12-4-3-10-7-9(5-6-14)1-2-11(10)8-12/h3-4,8-9H,1-2,5-7,14H2. The largest absolute Gasteiger partial charge is 0.330 e. The van der Waals surface area contributed by atoms with Crippen LogP contribution in [-0.2, 0) is 12.8 Å². The lowest BCUT2D eigenvalue weighted by molar-refractivity contribution is 0.433. The van der Waals surface area contributed by atoms with Crippen LogP contribution in [0.1, 0.15) is 24.0 Å². The average Bonchev–Trinajstić information content (AvgIpc) is 2.19. The summed E-state index contributed by atoms with van der Waals surface area (Å²) in [7, 11) is 0. The van der Waals surface area contributed by atoms with E-state index in [1.165, 1.54) is 30.4 Å². The molecule has 0 saturated heterocycles. The number of rotatable bonds is 2. The number of hydrogen-bond donors (Lipinski definition) is 1. The predicted octanol–water partition coefficient (Wildman–Crippen LogP) is 2.79. The summed E-state index contributed by atoms with van der Waals surface area (Å²) < 4.78 is 0. The molecular formula is C12H16ClN. The number of aryl methyl sites for hydroxylation is 1. The smallest absolute Gasteiger partial charge is 0.0408 e. The number of nitrogens with two attached hydrogens (primary N) is 1. The van der Waals surface area contributed by atoms with Gasteiger partial charge in [-0.2, -0.15) is 0 Å². The zero-order valence-corrected chi connectivity index (χ0v) is 9.06. The van der Waals surface area contributed by atoms with Crippen LogP contribution in [0.3, 0.4) is 0 Å². The third-order valence-electron chi connectivity index (χ3n) is 3.07. The summed E-state index contributed by atoms with van der Waals surface area (Å²) in [6.07, 6.45) is 4.77. The van der Waals surface area contributed by atoms with Crippen molar-refractivity contribution in [2.45, 2.75) is 25.7 Å². The van der Waals surface area contributed by atoms with E-state index in [2.05, 4.69) is 12.1 Å². The van der Waals surface area contributed by atoms with Crippen LogP contribution in [0.4, 0.5) is 0 Å². The Morgan fingerprint density at radius 1 is 1.36 bits per heavy atom. The molecule has 0 bridgehead atoms. The van der Waals surface area contributed by atoms with Crippen LogP contribution in [-0.4, -0.2) is 6.54 Å². The molecule has 0 fully saturated rings. The molecule has 1 aromatic rings. The van der Waals surface area contributed by atoms with Crippen LogP contribution in [0.5, 0.6) is 0 Å². The normalized spacial score (nSPS) is 20.6. The molecule has 2 heteroatoms. The maximum atomic E-state index is 5.95. The minimum atomic E-state index is 0.786. The molecule has 1 aliphatic carbocycles. The lowest BCUT2D eigenvalue weighted by atomic mass is 9.82. The second-order valence-electron chi connectivity index (χ2n) is 4.10. The molecule has 14 heavy (non-hydrogen) atoms. The van der Waals surface area contributed by atoms with Gasteiger partial charge < -0.3 is 5.73 Å². The molecule has 1 nitrogen and oxygen atoms in total. The number of hydrogen-bond acceptors (Lipinski definition) is 1. The first-order chi connectivity index (χ1) is 6.79. The second kappa shape index (κ2) is 4.33. The maximum Gasteiger partial charge on any atom is 0.0408 e. The van der Waals surface area contributed by atoms with Gasteiger partial charge in [0.1, 0.15) is 0 Å². The molecule has 0 radical (unpaired) electrons. The Labute approximate surface area is 90.3 Å². The highest BCUT2D eigenvalue weighted by Gasteiger charge is 2.17. The van der Waals surface area contributed by atoms with Gasteiger partial charge in [0, 0.05) is 5.02 Å². The Bertz CT molecular complexity index is 322. The third kappa shape index (κ3) is 2.10. The van der Waals surface area contributed by atoms with Gasteiger partial charge in [0.2, 0.25) is 0 Å². The molecule has 0 aromatic heterocycles. The number of fused-ring (bicyclic) bond motifs is 1. The van der Waals surface area contributed by atoms with E-state index in [4.69, 9.17) is 17.3 Å². The highest BCUT2D eigenvalue weighted by atomic mass is 35.5. The Balaban J connectivity index is 2.15. The number of halogens is 1. The van der Waals surface area contributed by atoms with Crippen molar-refractivity contribution < 1.29 is 0 Å². The average molecular weight is 210 g/mol. The first-order valence-corrected chi connectivity index (χ1v) is 5.65. The Morgan fingerprint density at radius 3 is 3.00 bits per heavy atom. The molecule has 76 valence electrons. The molecule has 0 aliphatic heterocycles. The third-order valence-corrected chi connectivity index (χ3v) is 3.31. The summed E-state index contributed by atoms with van der Waals surface area (Å²) >= 11 is 5.95. The van der Waals surface area contributed by atoms with Gasteiger partial charge in [-0.15, -0.1) is 0 Å². The highest BCUT2D eigenvalue weighted by molar-refractivity contribution is 6.30. The topological polar surface area (TPSA) is 26.0 Å². The van der Waals surface area contributed by atoms with Crippen LogP contribution in [0.15, 0.2) is 18.2 Å². The number of benzene rings is 1. The van der Waals surface area contributed by atoms with Crippen molar-refractivity contribution in [1.82, 2.24) is 0 Å². The Hall–Kier alpha value is -0.530. The predicted molar refractivity (Wildman–Crippen MR) is 60.6 cm³/mol. The first-order valence-electron chi connectivity index (χ1n) is 5.27. The van der Waals surface area contributed by atoms with Crippen LogP contribution >= 0.6 is 11.6 Å².